The number of furan rings is 1. The number of hydrogen-bond acceptors (Lipinski definition) is 3. The topological polar surface area (TPSA) is 34.4 Å². The Bertz CT molecular complexity index is 581. The quantitative estimate of drug-likeness (QED) is 0.847. The Hall–Kier alpha value is -1.16. The average Bonchev–Trinajstić information content (AvgIpc) is 2.78. The molecule has 2 rings (SSSR count). The number of rotatable bonds is 6. The maximum atomic E-state index is 6.06. The molecule has 20 heavy (non-hydrogen) atoms. The van der Waals surface area contributed by atoms with Crippen molar-refractivity contribution in [2.24, 2.45) is 0 Å². The minimum absolute atomic E-state index is 0.404. The Balaban J connectivity index is 2.03. The molecule has 1 aromatic heterocycles. The van der Waals surface area contributed by atoms with E-state index in [0.717, 1.165) is 30.2 Å². The van der Waals surface area contributed by atoms with Crippen molar-refractivity contribution in [3.05, 3.63) is 51.4 Å². The Labute approximate surface area is 128 Å². The second-order valence-corrected chi connectivity index (χ2v) is 5.28. The zero-order valence-corrected chi connectivity index (χ0v) is 13.0. The van der Waals surface area contributed by atoms with Gasteiger partial charge in [-0.1, -0.05) is 30.1 Å². The summed E-state index contributed by atoms with van der Waals surface area (Å²) in [6.45, 7) is 6.01. The van der Waals surface area contributed by atoms with E-state index in [1.807, 2.05) is 13.0 Å². The lowest BCUT2D eigenvalue weighted by Crippen LogP contribution is -2.10. The van der Waals surface area contributed by atoms with E-state index in [4.69, 9.17) is 32.4 Å². The molecule has 0 radical (unpaired) electrons. The number of halogens is 2. The summed E-state index contributed by atoms with van der Waals surface area (Å²) in [6.07, 6.45) is 0. The fraction of sp³-hybridized carbons (Fsp3) is 0.333. The molecule has 0 aliphatic carbocycles. The highest BCUT2D eigenvalue weighted by Crippen LogP contribution is 2.29. The van der Waals surface area contributed by atoms with E-state index in [9.17, 15) is 0 Å². The van der Waals surface area contributed by atoms with Crippen molar-refractivity contribution in [3.63, 3.8) is 0 Å². The first-order chi connectivity index (χ1) is 9.60. The Morgan fingerprint density at radius 1 is 1.25 bits per heavy atom. The van der Waals surface area contributed by atoms with Crippen LogP contribution < -0.4 is 10.1 Å². The molecule has 0 saturated carbocycles. The molecule has 1 aromatic carbocycles. The molecule has 108 valence electrons. The molecule has 5 heteroatoms. The van der Waals surface area contributed by atoms with E-state index < -0.39 is 0 Å². The van der Waals surface area contributed by atoms with Gasteiger partial charge in [-0.15, -0.1) is 0 Å². The molecule has 3 nitrogen and oxygen atoms in total. The van der Waals surface area contributed by atoms with Crippen molar-refractivity contribution in [1.82, 2.24) is 5.32 Å². The molecule has 1 N–H and O–H groups in total. The summed E-state index contributed by atoms with van der Waals surface area (Å²) >= 11 is 12.0. The minimum atomic E-state index is 0.404. The van der Waals surface area contributed by atoms with Crippen molar-refractivity contribution >= 4 is 23.2 Å². The number of aryl methyl sites for hydroxylation is 1. The number of ether oxygens (including phenoxy) is 1. The van der Waals surface area contributed by atoms with Gasteiger partial charge in [-0.2, -0.15) is 0 Å². The van der Waals surface area contributed by atoms with Gasteiger partial charge in [0.2, 0.25) is 0 Å². The molecule has 0 aliphatic heterocycles. The fourth-order valence-electron chi connectivity index (χ4n) is 1.81. The van der Waals surface area contributed by atoms with Gasteiger partial charge in [0.15, 0.2) is 0 Å². The minimum Gasteiger partial charge on any atom is -0.487 e. The fourth-order valence-corrected chi connectivity index (χ4v) is 2.14. The highest BCUT2D eigenvalue weighted by Gasteiger charge is 2.09. The number of nitrogens with one attached hydrogen (secondary N) is 1. The molecule has 2 aromatic rings. The van der Waals surface area contributed by atoms with Crippen LogP contribution in [0.2, 0.25) is 10.0 Å². The third-order valence-corrected chi connectivity index (χ3v) is 3.44. The Morgan fingerprint density at radius 2 is 2.05 bits per heavy atom. The molecule has 0 saturated heterocycles. The molecule has 0 unspecified atom stereocenters. The van der Waals surface area contributed by atoms with Crippen LogP contribution in [0.4, 0.5) is 0 Å². The van der Waals surface area contributed by atoms with Crippen molar-refractivity contribution < 1.29 is 9.15 Å². The van der Waals surface area contributed by atoms with Gasteiger partial charge in [0, 0.05) is 16.7 Å². The third kappa shape index (κ3) is 3.92. The van der Waals surface area contributed by atoms with Crippen LogP contribution in [0.5, 0.6) is 5.75 Å². The molecule has 0 bridgehead atoms. The summed E-state index contributed by atoms with van der Waals surface area (Å²) in [7, 11) is 0. The van der Waals surface area contributed by atoms with Gasteiger partial charge < -0.3 is 14.5 Å². The van der Waals surface area contributed by atoms with Gasteiger partial charge in [-0.3, -0.25) is 0 Å². The van der Waals surface area contributed by atoms with Crippen LogP contribution in [0.25, 0.3) is 0 Å². The number of benzene rings is 1. The van der Waals surface area contributed by atoms with Crippen LogP contribution in [-0.2, 0) is 13.2 Å². The molecular weight excluding hydrogens is 297 g/mol. The first kappa shape index (κ1) is 15.2. The maximum Gasteiger partial charge on any atom is 0.139 e. The van der Waals surface area contributed by atoms with Crippen LogP contribution in [0.1, 0.15) is 24.0 Å². The Kier molecular flexibility index (Phi) is 5.35. The highest BCUT2D eigenvalue weighted by atomic mass is 35.5. The molecule has 0 amide bonds. The van der Waals surface area contributed by atoms with E-state index in [1.165, 1.54) is 0 Å². The lowest BCUT2D eigenvalue weighted by atomic mass is 10.2. The Morgan fingerprint density at radius 3 is 2.80 bits per heavy atom. The predicted molar refractivity (Wildman–Crippen MR) is 81.6 cm³/mol. The van der Waals surface area contributed by atoms with Crippen molar-refractivity contribution in [1.29, 1.82) is 0 Å². The molecule has 0 aliphatic rings. The largest absolute Gasteiger partial charge is 0.487 e. The van der Waals surface area contributed by atoms with E-state index in [2.05, 4.69) is 12.2 Å². The molecular formula is C15H17Cl2NO2. The first-order valence-corrected chi connectivity index (χ1v) is 7.22. The highest BCUT2D eigenvalue weighted by molar-refractivity contribution is 6.34. The van der Waals surface area contributed by atoms with Crippen LogP contribution in [0.3, 0.4) is 0 Å². The van der Waals surface area contributed by atoms with Crippen LogP contribution >= 0.6 is 23.2 Å². The second kappa shape index (κ2) is 7.02. The summed E-state index contributed by atoms with van der Waals surface area (Å²) in [5.74, 6) is 2.34. The lowest BCUT2D eigenvalue weighted by molar-refractivity contribution is 0.303. The average molecular weight is 314 g/mol. The van der Waals surface area contributed by atoms with E-state index in [1.54, 1.807) is 18.2 Å². The SMILES string of the molecule is CCNCc1cc(COc2cc(Cl)ccc2Cl)c(C)o1. The van der Waals surface area contributed by atoms with Gasteiger partial charge in [0.05, 0.1) is 11.6 Å². The summed E-state index contributed by atoms with van der Waals surface area (Å²) in [6, 6.07) is 7.15. The molecule has 1 heterocycles. The van der Waals surface area contributed by atoms with Gasteiger partial charge >= 0.3 is 0 Å². The smallest absolute Gasteiger partial charge is 0.139 e. The van der Waals surface area contributed by atoms with Gasteiger partial charge in [-0.25, -0.2) is 0 Å². The monoisotopic (exact) mass is 313 g/mol. The lowest BCUT2D eigenvalue weighted by Gasteiger charge is -2.07. The van der Waals surface area contributed by atoms with E-state index >= 15 is 0 Å². The van der Waals surface area contributed by atoms with Crippen LogP contribution in [-0.4, -0.2) is 6.54 Å². The zero-order chi connectivity index (χ0) is 14.5. The van der Waals surface area contributed by atoms with Crippen LogP contribution in [0, 0.1) is 6.92 Å². The summed E-state index contributed by atoms with van der Waals surface area (Å²) in [4.78, 5) is 0. The second-order valence-electron chi connectivity index (χ2n) is 4.44. The first-order valence-electron chi connectivity index (χ1n) is 6.47. The van der Waals surface area contributed by atoms with Gasteiger partial charge in [0.1, 0.15) is 23.9 Å². The van der Waals surface area contributed by atoms with Crippen molar-refractivity contribution in [3.8, 4) is 5.75 Å². The van der Waals surface area contributed by atoms with E-state index in [-0.39, 0.29) is 0 Å². The number of hydrogen-bond donors (Lipinski definition) is 1. The van der Waals surface area contributed by atoms with Crippen molar-refractivity contribution in [2.45, 2.75) is 27.0 Å². The van der Waals surface area contributed by atoms with Gasteiger partial charge in [-0.05, 0) is 31.7 Å². The summed E-state index contributed by atoms with van der Waals surface area (Å²) in [5, 5.41) is 4.37. The normalized spacial score (nSPS) is 10.8. The summed E-state index contributed by atoms with van der Waals surface area (Å²) in [5.41, 5.74) is 1.01. The standard InChI is InChI=1S/C15H17Cl2NO2/c1-3-18-8-13-6-11(10(2)20-13)9-19-15-7-12(16)4-5-14(15)17/h4-7,18H,3,8-9H2,1-2H3. The molecule has 0 atom stereocenters. The third-order valence-electron chi connectivity index (χ3n) is 2.90. The molecule has 0 spiro atoms. The van der Waals surface area contributed by atoms with Crippen LogP contribution in [0.15, 0.2) is 28.7 Å². The van der Waals surface area contributed by atoms with Gasteiger partial charge in [0.25, 0.3) is 0 Å². The van der Waals surface area contributed by atoms with E-state index in [0.29, 0.717) is 22.4 Å². The van der Waals surface area contributed by atoms with Crippen molar-refractivity contribution in [2.75, 3.05) is 6.54 Å². The predicted octanol–water partition coefficient (Wildman–Crippen LogP) is 4.58. The molecule has 0 fully saturated rings. The maximum absolute atomic E-state index is 6.06. The zero-order valence-electron chi connectivity index (χ0n) is 11.5. The summed E-state index contributed by atoms with van der Waals surface area (Å²) < 4.78 is 11.4.